The highest BCUT2D eigenvalue weighted by Crippen LogP contribution is 1.98. The predicted molar refractivity (Wildman–Crippen MR) is 62.5 cm³/mol. The van der Waals surface area contributed by atoms with Gasteiger partial charge in [0.25, 0.3) is 0 Å². The smallest absolute Gasteiger partial charge is 0.234 e. The zero-order valence-corrected chi connectivity index (χ0v) is 9.31. The molecule has 87 valence electrons. The molecule has 0 aliphatic rings. The van der Waals surface area contributed by atoms with Gasteiger partial charge in [-0.05, 0) is 12.5 Å². The Bertz CT molecular complexity index is 314. The summed E-state index contributed by atoms with van der Waals surface area (Å²) in [4.78, 5) is 11.4. The van der Waals surface area contributed by atoms with Gasteiger partial charge in [0.05, 0.1) is 19.7 Å². The summed E-state index contributed by atoms with van der Waals surface area (Å²) in [6, 6.07) is 9.48. The molecule has 1 unspecified atom stereocenters. The van der Waals surface area contributed by atoms with Gasteiger partial charge in [0.1, 0.15) is 0 Å². The van der Waals surface area contributed by atoms with Crippen LogP contribution < -0.4 is 10.6 Å². The Morgan fingerprint density at radius 3 is 2.75 bits per heavy atom. The van der Waals surface area contributed by atoms with Crippen LogP contribution in [0.4, 0.5) is 0 Å². The molecule has 0 heterocycles. The van der Waals surface area contributed by atoms with Crippen LogP contribution in [0.15, 0.2) is 30.3 Å². The molecule has 0 saturated heterocycles. The van der Waals surface area contributed by atoms with Crippen molar-refractivity contribution >= 4 is 5.91 Å². The summed E-state index contributed by atoms with van der Waals surface area (Å²) in [5.41, 5.74) is 0.950. The van der Waals surface area contributed by atoms with Crippen LogP contribution >= 0.6 is 0 Å². The topological polar surface area (TPSA) is 61.4 Å². The Labute approximate surface area is 95.7 Å². The lowest BCUT2D eigenvalue weighted by Crippen LogP contribution is -2.38. The van der Waals surface area contributed by atoms with E-state index in [1.807, 2.05) is 37.3 Å². The van der Waals surface area contributed by atoms with Crippen molar-refractivity contribution in [2.75, 3.05) is 13.2 Å². The molecule has 0 bridgehead atoms. The number of carbonyl (C=O) groups excluding carboxylic acids is 1. The highest BCUT2D eigenvalue weighted by atomic mass is 16.3. The van der Waals surface area contributed by atoms with Gasteiger partial charge in [-0.15, -0.1) is 0 Å². The zero-order valence-electron chi connectivity index (χ0n) is 9.31. The number of amides is 1. The average molecular weight is 221 g/mol. The second-order valence-electron chi connectivity index (χ2n) is 3.59. The van der Waals surface area contributed by atoms with Crippen LogP contribution in [-0.2, 0) is 4.79 Å². The fourth-order valence-corrected chi connectivity index (χ4v) is 1.10. The van der Waals surface area contributed by atoms with Gasteiger partial charge in [-0.3, -0.25) is 4.79 Å². The molecule has 0 fully saturated rings. The molecular formula is C12H17N2O2. The Balaban J connectivity index is 2.20. The van der Waals surface area contributed by atoms with E-state index in [2.05, 4.69) is 10.6 Å². The van der Waals surface area contributed by atoms with E-state index in [1.165, 1.54) is 0 Å². The molecule has 1 amide bonds. The summed E-state index contributed by atoms with van der Waals surface area (Å²) in [6.45, 7) is 3.70. The van der Waals surface area contributed by atoms with Crippen molar-refractivity contribution < 1.29 is 9.90 Å². The Morgan fingerprint density at radius 1 is 1.44 bits per heavy atom. The highest BCUT2D eigenvalue weighted by Gasteiger charge is 2.04. The molecule has 16 heavy (non-hydrogen) atoms. The average Bonchev–Trinajstić information content (AvgIpc) is 2.34. The number of hydrogen-bond donors (Lipinski definition) is 3. The van der Waals surface area contributed by atoms with Gasteiger partial charge in [-0.1, -0.05) is 30.3 Å². The van der Waals surface area contributed by atoms with Gasteiger partial charge >= 0.3 is 0 Å². The molecule has 1 aromatic rings. The summed E-state index contributed by atoms with van der Waals surface area (Å²) in [6.07, 6.45) is 0. The largest absolute Gasteiger partial charge is 0.395 e. The highest BCUT2D eigenvalue weighted by molar-refractivity contribution is 5.79. The van der Waals surface area contributed by atoms with E-state index in [0.717, 1.165) is 5.56 Å². The number of hydrogen-bond acceptors (Lipinski definition) is 3. The number of carbonyl (C=O) groups is 1. The molecule has 1 aromatic carbocycles. The van der Waals surface area contributed by atoms with Crippen molar-refractivity contribution in [2.45, 2.75) is 13.0 Å². The third kappa shape index (κ3) is 4.91. The maximum absolute atomic E-state index is 11.4. The third-order valence-corrected chi connectivity index (χ3v) is 2.08. The maximum atomic E-state index is 11.4. The van der Waals surface area contributed by atoms with Crippen LogP contribution in [0.3, 0.4) is 0 Å². The Hall–Kier alpha value is -1.39. The first-order chi connectivity index (χ1) is 7.72. The van der Waals surface area contributed by atoms with Gasteiger partial charge in [0.15, 0.2) is 0 Å². The van der Waals surface area contributed by atoms with E-state index in [-0.39, 0.29) is 25.1 Å². The SMILES string of the molecule is CC(CO)NCC(=O)N[CH]c1ccccc1. The summed E-state index contributed by atoms with van der Waals surface area (Å²) in [5, 5.41) is 14.3. The van der Waals surface area contributed by atoms with Crippen molar-refractivity contribution in [1.29, 1.82) is 0 Å². The van der Waals surface area contributed by atoms with E-state index >= 15 is 0 Å². The number of aliphatic hydroxyl groups excluding tert-OH is 1. The minimum Gasteiger partial charge on any atom is -0.395 e. The van der Waals surface area contributed by atoms with E-state index < -0.39 is 0 Å². The second kappa shape index (κ2) is 6.98. The number of benzene rings is 1. The summed E-state index contributed by atoms with van der Waals surface area (Å²) in [7, 11) is 0. The molecule has 0 spiro atoms. The molecule has 1 rings (SSSR count). The maximum Gasteiger partial charge on any atom is 0.234 e. The molecule has 0 aliphatic heterocycles. The van der Waals surface area contributed by atoms with Crippen molar-refractivity contribution in [3.8, 4) is 0 Å². The van der Waals surface area contributed by atoms with Gasteiger partial charge < -0.3 is 15.7 Å². The number of nitrogens with one attached hydrogen (secondary N) is 2. The van der Waals surface area contributed by atoms with Crippen LogP contribution in [0, 0.1) is 6.54 Å². The molecule has 1 atom stereocenters. The van der Waals surface area contributed by atoms with Crippen molar-refractivity contribution in [3.63, 3.8) is 0 Å². The van der Waals surface area contributed by atoms with Crippen LogP contribution in [0.2, 0.25) is 0 Å². The molecule has 1 radical (unpaired) electrons. The van der Waals surface area contributed by atoms with Gasteiger partial charge in [0, 0.05) is 6.04 Å². The van der Waals surface area contributed by atoms with Crippen LogP contribution in [0.25, 0.3) is 0 Å². The van der Waals surface area contributed by atoms with Crippen molar-refractivity contribution in [3.05, 3.63) is 42.4 Å². The third-order valence-electron chi connectivity index (χ3n) is 2.08. The van der Waals surface area contributed by atoms with E-state index in [4.69, 9.17) is 5.11 Å². The Morgan fingerprint density at radius 2 is 2.12 bits per heavy atom. The minimum absolute atomic E-state index is 0.0235. The lowest BCUT2D eigenvalue weighted by atomic mass is 10.2. The first-order valence-corrected chi connectivity index (χ1v) is 5.24. The van der Waals surface area contributed by atoms with E-state index in [9.17, 15) is 4.79 Å². The van der Waals surface area contributed by atoms with Crippen LogP contribution in [0.1, 0.15) is 12.5 Å². The fraction of sp³-hybridized carbons (Fsp3) is 0.333. The predicted octanol–water partition coefficient (Wildman–Crippen LogP) is 0.283. The molecule has 0 saturated carbocycles. The van der Waals surface area contributed by atoms with Gasteiger partial charge in [-0.25, -0.2) is 0 Å². The lowest BCUT2D eigenvalue weighted by molar-refractivity contribution is -0.119. The standard InChI is InChI=1S/C12H17N2O2/c1-10(9-15)13-8-12(16)14-7-11-5-3-2-4-6-11/h2-7,10,13,15H,8-9H2,1H3,(H,14,16). The first-order valence-electron chi connectivity index (χ1n) is 5.24. The minimum atomic E-state index is -0.121. The normalized spacial score (nSPS) is 12.1. The molecule has 0 aliphatic carbocycles. The summed E-state index contributed by atoms with van der Waals surface area (Å²) < 4.78 is 0. The quantitative estimate of drug-likeness (QED) is 0.646. The fourth-order valence-electron chi connectivity index (χ4n) is 1.10. The molecule has 4 nitrogen and oxygen atoms in total. The monoisotopic (exact) mass is 221 g/mol. The first kappa shape index (κ1) is 12.7. The van der Waals surface area contributed by atoms with Crippen molar-refractivity contribution in [2.24, 2.45) is 0 Å². The van der Waals surface area contributed by atoms with Gasteiger partial charge in [-0.2, -0.15) is 0 Å². The Kier molecular flexibility index (Phi) is 5.53. The zero-order chi connectivity index (χ0) is 11.8. The van der Waals surface area contributed by atoms with E-state index in [1.54, 1.807) is 6.54 Å². The van der Waals surface area contributed by atoms with Crippen LogP contribution in [0.5, 0.6) is 0 Å². The summed E-state index contributed by atoms with van der Waals surface area (Å²) in [5.74, 6) is -0.121. The number of aliphatic hydroxyl groups is 1. The molecule has 4 heteroatoms. The van der Waals surface area contributed by atoms with Crippen LogP contribution in [-0.4, -0.2) is 30.2 Å². The second-order valence-corrected chi connectivity index (χ2v) is 3.59. The lowest BCUT2D eigenvalue weighted by Gasteiger charge is -2.10. The van der Waals surface area contributed by atoms with E-state index in [0.29, 0.717) is 0 Å². The number of rotatable bonds is 6. The summed E-state index contributed by atoms with van der Waals surface area (Å²) >= 11 is 0. The molecular weight excluding hydrogens is 204 g/mol. The molecule has 0 aromatic heterocycles. The van der Waals surface area contributed by atoms with Crippen molar-refractivity contribution in [1.82, 2.24) is 10.6 Å². The van der Waals surface area contributed by atoms with Gasteiger partial charge in [0.2, 0.25) is 5.91 Å². The molecule has 3 N–H and O–H groups in total.